The maximum absolute atomic E-state index is 12.3. The Morgan fingerprint density at radius 3 is 2.71 bits per heavy atom. The van der Waals surface area contributed by atoms with Gasteiger partial charge in [-0.15, -0.1) is 10.2 Å². The first kappa shape index (κ1) is 19.9. The Bertz CT molecular complexity index is 1010. The van der Waals surface area contributed by atoms with E-state index >= 15 is 0 Å². The highest BCUT2D eigenvalue weighted by molar-refractivity contribution is 7.99. The van der Waals surface area contributed by atoms with Gasteiger partial charge in [-0.05, 0) is 36.4 Å². The fourth-order valence-corrected chi connectivity index (χ4v) is 3.35. The smallest absolute Gasteiger partial charge is 0.253 e. The lowest BCUT2D eigenvalue weighted by atomic mass is 10.2. The minimum absolute atomic E-state index is 0.125. The summed E-state index contributed by atoms with van der Waals surface area (Å²) in [6.07, 6.45) is 1.57. The molecule has 2 amide bonds. The highest BCUT2D eigenvalue weighted by Crippen LogP contribution is 2.22. The van der Waals surface area contributed by atoms with E-state index in [1.807, 2.05) is 12.1 Å². The van der Waals surface area contributed by atoms with Crippen molar-refractivity contribution in [2.75, 3.05) is 25.2 Å². The van der Waals surface area contributed by atoms with E-state index < -0.39 is 0 Å². The Hall–Kier alpha value is -2.84. The van der Waals surface area contributed by atoms with Crippen LogP contribution in [-0.2, 0) is 4.79 Å². The number of aromatic nitrogens is 3. The Morgan fingerprint density at radius 1 is 1.18 bits per heavy atom. The highest BCUT2D eigenvalue weighted by Gasteiger charge is 2.12. The molecule has 0 saturated carbocycles. The van der Waals surface area contributed by atoms with Crippen LogP contribution in [-0.4, -0.2) is 51.3 Å². The average molecular weight is 416 g/mol. The first-order chi connectivity index (χ1) is 13.4. The van der Waals surface area contributed by atoms with E-state index in [-0.39, 0.29) is 17.6 Å². The molecule has 0 fully saturated rings. The molecular weight excluding hydrogens is 398 g/mol. The molecule has 1 heterocycles. The summed E-state index contributed by atoms with van der Waals surface area (Å²) in [6, 6.07) is 14.1. The van der Waals surface area contributed by atoms with Crippen molar-refractivity contribution < 1.29 is 9.59 Å². The molecule has 1 aromatic heterocycles. The SMILES string of the molecule is CN(C)C(=O)c1cccc(NC(=O)CSc2nncn2-c2cccc(Cl)c2)c1. The molecule has 0 aliphatic rings. The van der Waals surface area contributed by atoms with Crippen LogP contribution in [0, 0.1) is 0 Å². The molecule has 0 aliphatic carbocycles. The van der Waals surface area contributed by atoms with Gasteiger partial charge in [0.2, 0.25) is 5.91 Å². The molecule has 0 unspecified atom stereocenters. The van der Waals surface area contributed by atoms with Crippen LogP contribution in [0.5, 0.6) is 0 Å². The Labute approximate surface area is 171 Å². The summed E-state index contributed by atoms with van der Waals surface area (Å²) >= 11 is 7.29. The van der Waals surface area contributed by atoms with Gasteiger partial charge >= 0.3 is 0 Å². The lowest BCUT2D eigenvalue weighted by Gasteiger charge is -2.11. The van der Waals surface area contributed by atoms with Gasteiger partial charge in [0.1, 0.15) is 6.33 Å². The molecular formula is C19H18ClN5O2S. The van der Waals surface area contributed by atoms with E-state index in [1.165, 1.54) is 16.7 Å². The molecule has 144 valence electrons. The summed E-state index contributed by atoms with van der Waals surface area (Å²) in [5, 5.41) is 12.0. The van der Waals surface area contributed by atoms with Crippen molar-refractivity contribution >= 4 is 40.9 Å². The second-order valence-electron chi connectivity index (χ2n) is 6.08. The zero-order chi connectivity index (χ0) is 20.1. The Kier molecular flexibility index (Phi) is 6.33. The molecule has 0 saturated heterocycles. The number of hydrogen-bond donors (Lipinski definition) is 1. The quantitative estimate of drug-likeness (QED) is 0.624. The van der Waals surface area contributed by atoms with Gasteiger partial charge in [0, 0.05) is 30.4 Å². The number of nitrogens with one attached hydrogen (secondary N) is 1. The van der Waals surface area contributed by atoms with Gasteiger partial charge in [-0.3, -0.25) is 14.2 Å². The van der Waals surface area contributed by atoms with Crippen LogP contribution >= 0.6 is 23.4 Å². The van der Waals surface area contributed by atoms with E-state index in [9.17, 15) is 9.59 Å². The van der Waals surface area contributed by atoms with Crippen LogP contribution in [0.1, 0.15) is 10.4 Å². The number of benzene rings is 2. The number of halogens is 1. The first-order valence-corrected chi connectivity index (χ1v) is 9.71. The molecule has 0 aliphatic heterocycles. The number of anilines is 1. The number of nitrogens with zero attached hydrogens (tertiary/aromatic N) is 4. The van der Waals surface area contributed by atoms with E-state index in [2.05, 4.69) is 15.5 Å². The summed E-state index contributed by atoms with van der Waals surface area (Å²) in [6.45, 7) is 0. The second-order valence-corrected chi connectivity index (χ2v) is 7.46. The zero-order valence-electron chi connectivity index (χ0n) is 15.3. The van der Waals surface area contributed by atoms with Crippen LogP contribution in [0.3, 0.4) is 0 Å². The van der Waals surface area contributed by atoms with Crippen LogP contribution in [0.2, 0.25) is 5.02 Å². The zero-order valence-corrected chi connectivity index (χ0v) is 16.9. The second kappa shape index (κ2) is 8.90. The summed E-state index contributed by atoms with van der Waals surface area (Å²) < 4.78 is 1.76. The molecule has 0 bridgehead atoms. The van der Waals surface area contributed by atoms with Gasteiger partial charge < -0.3 is 10.2 Å². The molecule has 7 nitrogen and oxygen atoms in total. The third-order valence-corrected chi connectivity index (χ3v) is 4.91. The summed E-state index contributed by atoms with van der Waals surface area (Å²) in [5.74, 6) is -0.189. The van der Waals surface area contributed by atoms with E-state index in [1.54, 1.807) is 61.4 Å². The van der Waals surface area contributed by atoms with Gasteiger partial charge in [-0.25, -0.2) is 0 Å². The summed E-state index contributed by atoms with van der Waals surface area (Å²) in [4.78, 5) is 25.8. The third-order valence-electron chi connectivity index (χ3n) is 3.73. The molecule has 3 aromatic rings. The van der Waals surface area contributed by atoms with Gasteiger partial charge in [0.15, 0.2) is 5.16 Å². The van der Waals surface area contributed by atoms with Crippen molar-refractivity contribution in [1.29, 1.82) is 0 Å². The van der Waals surface area contributed by atoms with Gasteiger partial charge in [-0.2, -0.15) is 0 Å². The van der Waals surface area contributed by atoms with Gasteiger partial charge in [-0.1, -0.05) is 35.5 Å². The van der Waals surface area contributed by atoms with E-state index in [0.717, 1.165) is 5.69 Å². The first-order valence-electron chi connectivity index (χ1n) is 8.34. The lowest BCUT2D eigenvalue weighted by Crippen LogP contribution is -2.22. The lowest BCUT2D eigenvalue weighted by molar-refractivity contribution is -0.113. The minimum atomic E-state index is -0.208. The predicted octanol–water partition coefficient (Wildman–Crippen LogP) is 3.35. The third kappa shape index (κ3) is 4.90. The molecule has 3 rings (SSSR count). The molecule has 0 radical (unpaired) electrons. The Morgan fingerprint density at radius 2 is 1.96 bits per heavy atom. The number of hydrogen-bond acceptors (Lipinski definition) is 5. The minimum Gasteiger partial charge on any atom is -0.345 e. The highest BCUT2D eigenvalue weighted by atomic mass is 35.5. The number of carbonyl (C=O) groups excluding carboxylic acids is 2. The topological polar surface area (TPSA) is 80.1 Å². The number of rotatable bonds is 6. The molecule has 0 atom stereocenters. The number of thioether (sulfide) groups is 1. The van der Waals surface area contributed by atoms with Crippen molar-refractivity contribution in [1.82, 2.24) is 19.7 Å². The largest absolute Gasteiger partial charge is 0.345 e. The number of carbonyl (C=O) groups is 2. The van der Waals surface area contributed by atoms with Crippen molar-refractivity contribution in [3.05, 3.63) is 65.4 Å². The van der Waals surface area contributed by atoms with Crippen molar-refractivity contribution in [2.24, 2.45) is 0 Å². The normalized spacial score (nSPS) is 10.5. The standard InChI is InChI=1S/C19H18ClN5O2S/c1-24(2)18(27)13-5-3-7-15(9-13)22-17(26)11-28-19-23-21-12-25(19)16-8-4-6-14(20)10-16/h3-10,12H,11H2,1-2H3,(H,22,26). The molecule has 0 spiro atoms. The van der Waals surface area contributed by atoms with Crippen LogP contribution < -0.4 is 5.32 Å². The molecule has 28 heavy (non-hydrogen) atoms. The summed E-state index contributed by atoms with van der Waals surface area (Å²) in [5.41, 5.74) is 1.89. The summed E-state index contributed by atoms with van der Waals surface area (Å²) in [7, 11) is 3.36. The maximum atomic E-state index is 12.3. The fraction of sp³-hybridized carbons (Fsp3) is 0.158. The van der Waals surface area contributed by atoms with Crippen LogP contribution in [0.15, 0.2) is 60.0 Å². The fourth-order valence-electron chi connectivity index (χ4n) is 2.44. The molecule has 9 heteroatoms. The van der Waals surface area contributed by atoms with Crippen LogP contribution in [0.4, 0.5) is 5.69 Å². The van der Waals surface area contributed by atoms with E-state index in [4.69, 9.17) is 11.6 Å². The van der Waals surface area contributed by atoms with Crippen molar-refractivity contribution in [2.45, 2.75) is 5.16 Å². The van der Waals surface area contributed by atoms with E-state index in [0.29, 0.717) is 21.4 Å². The van der Waals surface area contributed by atoms with Gasteiger partial charge in [0.25, 0.3) is 5.91 Å². The van der Waals surface area contributed by atoms with Gasteiger partial charge in [0.05, 0.1) is 11.4 Å². The maximum Gasteiger partial charge on any atom is 0.253 e. The molecule has 2 aromatic carbocycles. The average Bonchev–Trinajstić information content (AvgIpc) is 3.14. The molecule has 1 N–H and O–H groups in total. The Balaban J connectivity index is 1.64. The van der Waals surface area contributed by atoms with Crippen molar-refractivity contribution in [3.8, 4) is 5.69 Å². The van der Waals surface area contributed by atoms with Crippen LogP contribution in [0.25, 0.3) is 5.69 Å². The van der Waals surface area contributed by atoms with Crippen molar-refractivity contribution in [3.63, 3.8) is 0 Å². The predicted molar refractivity (Wildman–Crippen MR) is 110 cm³/mol. The monoisotopic (exact) mass is 415 g/mol. The number of amides is 2.